The Bertz CT molecular complexity index is 732. The summed E-state index contributed by atoms with van der Waals surface area (Å²) in [5.41, 5.74) is 4.70. The van der Waals surface area contributed by atoms with E-state index in [1.807, 2.05) is 16.7 Å². The number of hydrogen-bond donors (Lipinski definition) is 0. The number of nitrogens with zero attached hydrogens (tertiary/aromatic N) is 3. The molecule has 0 unspecified atom stereocenters. The van der Waals surface area contributed by atoms with Gasteiger partial charge in [0.25, 0.3) is 0 Å². The van der Waals surface area contributed by atoms with E-state index >= 15 is 0 Å². The molecule has 22 heavy (non-hydrogen) atoms. The van der Waals surface area contributed by atoms with Crippen molar-refractivity contribution in [1.82, 2.24) is 14.8 Å². The van der Waals surface area contributed by atoms with Gasteiger partial charge in [-0.3, -0.25) is 4.57 Å². The molecule has 0 atom stereocenters. The first-order chi connectivity index (χ1) is 10.7. The van der Waals surface area contributed by atoms with Crippen molar-refractivity contribution in [3.05, 3.63) is 46.7 Å². The highest BCUT2D eigenvalue weighted by atomic mass is 79.9. The first-order valence-corrected chi connectivity index (χ1v) is 9.15. The lowest BCUT2D eigenvalue weighted by Gasteiger charge is -2.16. The molecular formula is C17H18BrN3S. The van der Waals surface area contributed by atoms with Crippen molar-refractivity contribution in [2.75, 3.05) is 5.75 Å². The van der Waals surface area contributed by atoms with E-state index in [4.69, 9.17) is 0 Å². The molecule has 0 amide bonds. The van der Waals surface area contributed by atoms with Gasteiger partial charge < -0.3 is 0 Å². The van der Waals surface area contributed by atoms with Crippen molar-refractivity contribution in [3.63, 3.8) is 0 Å². The molecular weight excluding hydrogens is 358 g/mol. The monoisotopic (exact) mass is 375 g/mol. The van der Waals surface area contributed by atoms with Crippen molar-refractivity contribution in [3.8, 4) is 5.69 Å². The van der Waals surface area contributed by atoms with Crippen LogP contribution in [0.2, 0.25) is 0 Å². The molecule has 5 heteroatoms. The number of aromatic nitrogens is 3. The summed E-state index contributed by atoms with van der Waals surface area (Å²) in [7, 11) is 0. The lowest BCUT2D eigenvalue weighted by molar-refractivity contribution is 0.873. The smallest absolute Gasteiger partial charge is 0.205 e. The predicted molar refractivity (Wildman–Crippen MR) is 97.6 cm³/mol. The number of thioether (sulfide) groups is 1. The Labute approximate surface area is 143 Å². The molecule has 1 saturated carbocycles. The van der Waals surface area contributed by atoms with Gasteiger partial charge in [0.15, 0.2) is 5.16 Å². The Balaban J connectivity index is 2.21. The van der Waals surface area contributed by atoms with Crippen LogP contribution in [0.25, 0.3) is 17.8 Å². The number of hydrogen-bond acceptors (Lipinski definition) is 3. The van der Waals surface area contributed by atoms with E-state index in [2.05, 4.69) is 58.3 Å². The molecule has 0 spiro atoms. The highest BCUT2D eigenvalue weighted by Crippen LogP contribution is 2.44. The summed E-state index contributed by atoms with van der Waals surface area (Å²) in [6.45, 7) is 10.1. The summed E-state index contributed by atoms with van der Waals surface area (Å²) in [6, 6.07) is 4.36. The fraction of sp³-hybridized carbons (Fsp3) is 0.294. The molecule has 0 radical (unpaired) electrons. The van der Waals surface area contributed by atoms with Gasteiger partial charge in [-0.15, -0.1) is 10.2 Å². The Kier molecular flexibility index (Phi) is 4.54. The van der Waals surface area contributed by atoms with Gasteiger partial charge in [-0.05, 0) is 57.6 Å². The van der Waals surface area contributed by atoms with E-state index in [0.29, 0.717) is 10.7 Å². The van der Waals surface area contributed by atoms with Gasteiger partial charge in [0.2, 0.25) is 4.73 Å². The van der Waals surface area contributed by atoms with Crippen LogP contribution in [-0.2, 0) is 0 Å². The standard InChI is InChI=1S/C17H18BrN3S/c1-4-12-13(5-2)15(10-9-14(12)11-7-8-11)21-16(18)19-20-17(21)22-6-3/h4-5,9-11H,1-2,6-8H2,3H3. The maximum Gasteiger partial charge on any atom is 0.205 e. The topological polar surface area (TPSA) is 30.7 Å². The van der Waals surface area contributed by atoms with Crippen LogP contribution in [0.1, 0.15) is 42.4 Å². The van der Waals surface area contributed by atoms with Crippen LogP contribution >= 0.6 is 27.7 Å². The van der Waals surface area contributed by atoms with Crippen molar-refractivity contribution in [1.29, 1.82) is 0 Å². The van der Waals surface area contributed by atoms with E-state index in [-0.39, 0.29) is 0 Å². The Morgan fingerprint density at radius 2 is 2.00 bits per heavy atom. The Morgan fingerprint density at radius 3 is 2.59 bits per heavy atom. The van der Waals surface area contributed by atoms with Crippen LogP contribution in [-0.4, -0.2) is 20.5 Å². The van der Waals surface area contributed by atoms with E-state index in [9.17, 15) is 0 Å². The third kappa shape index (κ3) is 2.68. The molecule has 0 aliphatic heterocycles. The minimum absolute atomic E-state index is 0.676. The second-order valence-electron chi connectivity index (χ2n) is 5.20. The average molecular weight is 376 g/mol. The maximum atomic E-state index is 4.25. The van der Waals surface area contributed by atoms with Crippen molar-refractivity contribution in [2.24, 2.45) is 0 Å². The van der Waals surface area contributed by atoms with Crippen molar-refractivity contribution >= 4 is 39.8 Å². The zero-order valence-electron chi connectivity index (χ0n) is 12.6. The van der Waals surface area contributed by atoms with Crippen LogP contribution < -0.4 is 0 Å². The summed E-state index contributed by atoms with van der Waals surface area (Å²) in [5, 5.41) is 9.29. The third-order valence-electron chi connectivity index (χ3n) is 3.83. The van der Waals surface area contributed by atoms with Gasteiger partial charge in [-0.2, -0.15) is 0 Å². The molecule has 1 aliphatic carbocycles. The average Bonchev–Trinajstić information content (AvgIpc) is 3.31. The Hall–Kier alpha value is -1.33. The lowest BCUT2D eigenvalue weighted by atomic mass is 9.96. The van der Waals surface area contributed by atoms with Gasteiger partial charge in [0.05, 0.1) is 5.69 Å². The minimum Gasteiger partial charge on any atom is -0.264 e. The number of halogens is 1. The lowest BCUT2D eigenvalue weighted by Crippen LogP contribution is -2.03. The summed E-state index contributed by atoms with van der Waals surface area (Å²) < 4.78 is 2.75. The SMILES string of the molecule is C=Cc1c(C2CC2)ccc(-n2c(Br)nnc2SCC)c1C=C. The molecule has 1 aromatic carbocycles. The van der Waals surface area contributed by atoms with Crippen LogP contribution in [0.5, 0.6) is 0 Å². The van der Waals surface area contributed by atoms with Crippen LogP contribution in [0.3, 0.4) is 0 Å². The van der Waals surface area contributed by atoms with Crippen LogP contribution in [0.15, 0.2) is 35.2 Å². The summed E-state index contributed by atoms with van der Waals surface area (Å²) >= 11 is 5.18. The van der Waals surface area contributed by atoms with Gasteiger partial charge >= 0.3 is 0 Å². The fourth-order valence-corrected chi connectivity index (χ4v) is 3.93. The molecule has 1 heterocycles. The third-order valence-corrected chi connectivity index (χ3v) is 5.16. The van der Waals surface area contributed by atoms with Crippen molar-refractivity contribution < 1.29 is 0 Å². The second kappa shape index (κ2) is 6.42. The summed E-state index contributed by atoms with van der Waals surface area (Å²) in [5.74, 6) is 1.62. The van der Waals surface area contributed by atoms with E-state index in [0.717, 1.165) is 22.2 Å². The van der Waals surface area contributed by atoms with E-state index in [1.54, 1.807) is 11.8 Å². The number of benzene rings is 1. The van der Waals surface area contributed by atoms with Crippen LogP contribution in [0, 0.1) is 0 Å². The minimum atomic E-state index is 0.676. The molecule has 0 saturated heterocycles. The van der Waals surface area contributed by atoms with Crippen LogP contribution in [0.4, 0.5) is 0 Å². The zero-order valence-corrected chi connectivity index (χ0v) is 15.0. The normalized spacial score (nSPS) is 14.1. The highest BCUT2D eigenvalue weighted by molar-refractivity contribution is 9.10. The molecule has 1 aromatic heterocycles. The molecule has 3 nitrogen and oxygen atoms in total. The van der Waals surface area contributed by atoms with Gasteiger partial charge in [0, 0.05) is 5.56 Å². The molecule has 3 rings (SSSR count). The van der Waals surface area contributed by atoms with Gasteiger partial charge in [0.1, 0.15) is 0 Å². The quantitative estimate of drug-likeness (QED) is 0.641. The summed E-state index contributed by atoms with van der Waals surface area (Å²) in [6.07, 6.45) is 6.39. The fourth-order valence-electron chi connectivity index (χ4n) is 2.71. The summed E-state index contributed by atoms with van der Waals surface area (Å²) in [4.78, 5) is 0. The molecule has 0 N–H and O–H groups in total. The molecule has 114 valence electrons. The van der Waals surface area contributed by atoms with E-state index in [1.165, 1.54) is 24.0 Å². The molecule has 1 fully saturated rings. The van der Waals surface area contributed by atoms with Gasteiger partial charge in [-0.1, -0.05) is 50.1 Å². The first-order valence-electron chi connectivity index (χ1n) is 7.37. The zero-order chi connectivity index (χ0) is 15.7. The second-order valence-corrected chi connectivity index (χ2v) is 7.14. The molecule has 2 aromatic rings. The van der Waals surface area contributed by atoms with Crippen molar-refractivity contribution in [2.45, 2.75) is 30.8 Å². The van der Waals surface area contributed by atoms with Gasteiger partial charge in [-0.25, -0.2) is 0 Å². The molecule has 0 bridgehead atoms. The highest BCUT2D eigenvalue weighted by Gasteiger charge is 2.27. The van der Waals surface area contributed by atoms with E-state index < -0.39 is 0 Å². The predicted octanol–water partition coefficient (Wildman–Crippen LogP) is 5.31. The Morgan fingerprint density at radius 1 is 1.27 bits per heavy atom. The first kappa shape index (κ1) is 15.6. The molecule has 1 aliphatic rings. The largest absolute Gasteiger partial charge is 0.264 e. The maximum absolute atomic E-state index is 4.25. The number of rotatable bonds is 6.